The summed E-state index contributed by atoms with van der Waals surface area (Å²) in [7, 11) is 1.22. The highest BCUT2D eigenvalue weighted by molar-refractivity contribution is 5.85. The van der Waals surface area contributed by atoms with E-state index in [0.717, 1.165) is 12.8 Å². The number of amides is 1. The number of aliphatic hydroxyl groups excluding tert-OH is 1. The van der Waals surface area contributed by atoms with Gasteiger partial charge >= 0.3 is 5.97 Å². The normalized spacial score (nSPS) is 19.1. The molecule has 1 aliphatic carbocycles. The molecule has 5 heteroatoms. The Morgan fingerprint density at radius 2 is 2.13 bits per heavy atom. The third kappa shape index (κ3) is 3.20. The predicted molar refractivity (Wildman–Crippen MR) is 52.9 cm³/mol. The molecule has 0 aromatic carbocycles. The minimum atomic E-state index is -0.941. The third-order valence-electron chi connectivity index (χ3n) is 2.73. The zero-order valence-electron chi connectivity index (χ0n) is 9.03. The van der Waals surface area contributed by atoms with Crippen LogP contribution in [0.2, 0.25) is 0 Å². The molecule has 1 fully saturated rings. The molecule has 2 unspecified atom stereocenters. The van der Waals surface area contributed by atoms with Gasteiger partial charge in [0.2, 0.25) is 5.91 Å². The smallest absolute Gasteiger partial charge is 0.330 e. The van der Waals surface area contributed by atoms with E-state index >= 15 is 0 Å². The number of aliphatic hydroxyl groups is 1. The van der Waals surface area contributed by atoms with Crippen molar-refractivity contribution in [1.29, 1.82) is 0 Å². The van der Waals surface area contributed by atoms with Gasteiger partial charge in [-0.15, -0.1) is 0 Å². The van der Waals surface area contributed by atoms with Crippen molar-refractivity contribution in [2.24, 2.45) is 11.8 Å². The van der Waals surface area contributed by atoms with Gasteiger partial charge in [-0.25, -0.2) is 4.79 Å². The second kappa shape index (κ2) is 5.11. The van der Waals surface area contributed by atoms with E-state index in [4.69, 9.17) is 5.11 Å². The molecule has 1 saturated carbocycles. The number of ether oxygens (including phenoxy) is 1. The first kappa shape index (κ1) is 12.0. The van der Waals surface area contributed by atoms with Gasteiger partial charge in [0, 0.05) is 5.92 Å². The highest BCUT2D eigenvalue weighted by Gasteiger charge is 2.34. The molecular weight excluding hydrogens is 198 g/mol. The summed E-state index contributed by atoms with van der Waals surface area (Å²) in [5, 5.41) is 11.4. The van der Waals surface area contributed by atoms with Crippen LogP contribution in [0.1, 0.15) is 19.8 Å². The van der Waals surface area contributed by atoms with Crippen molar-refractivity contribution in [2.75, 3.05) is 13.7 Å². The van der Waals surface area contributed by atoms with Gasteiger partial charge in [-0.05, 0) is 18.8 Å². The molecule has 1 amide bonds. The van der Waals surface area contributed by atoms with Gasteiger partial charge in [0.05, 0.1) is 13.7 Å². The Morgan fingerprint density at radius 1 is 1.53 bits per heavy atom. The number of hydrogen-bond donors (Lipinski definition) is 2. The highest BCUT2D eigenvalue weighted by atomic mass is 16.5. The molecule has 0 spiro atoms. The molecule has 86 valence electrons. The molecule has 2 N–H and O–H groups in total. The lowest BCUT2D eigenvalue weighted by atomic mass is 10.1. The molecule has 15 heavy (non-hydrogen) atoms. The molecule has 0 aromatic rings. The Kier molecular flexibility index (Phi) is 4.08. The van der Waals surface area contributed by atoms with E-state index < -0.39 is 18.6 Å². The fraction of sp³-hybridized carbons (Fsp3) is 0.800. The predicted octanol–water partition coefficient (Wildman–Crippen LogP) is -0.317. The third-order valence-corrected chi connectivity index (χ3v) is 2.73. The summed E-state index contributed by atoms with van der Waals surface area (Å²) >= 11 is 0. The fourth-order valence-electron chi connectivity index (χ4n) is 1.43. The quantitative estimate of drug-likeness (QED) is 0.616. The minimum Gasteiger partial charge on any atom is -0.467 e. The van der Waals surface area contributed by atoms with Crippen LogP contribution in [-0.2, 0) is 14.3 Å². The van der Waals surface area contributed by atoms with Crippen LogP contribution in [-0.4, -0.2) is 36.7 Å². The Labute approximate surface area is 88.8 Å². The second-order valence-corrected chi connectivity index (χ2v) is 3.89. The van der Waals surface area contributed by atoms with Crippen LogP contribution in [0, 0.1) is 11.8 Å². The summed E-state index contributed by atoms with van der Waals surface area (Å²) < 4.78 is 4.45. The standard InChI is InChI=1S/C10H17NO4/c1-6(7-3-4-7)9(13)11-8(5-12)10(14)15-2/h6-8,12H,3-5H2,1-2H3,(H,11,13). The Morgan fingerprint density at radius 3 is 2.53 bits per heavy atom. The summed E-state index contributed by atoms with van der Waals surface area (Å²) in [5.41, 5.74) is 0. The first-order chi connectivity index (χ1) is 7.10. The maximum absolute atomic E-state index is 11.6. The average molecular weight is 215 g/mol. The Bertz CT molecular complexity index is 250. The lowest BCUT2D eigenvalue weighted by Gasteiger charge is -2.16. The van der Waals surface area contributed by atoms with Crippen molar-refractivity contribution in [1.82, 2.24) is 5.32 Å². The Balaban J connectivity index is 2.43. The maximum Gasteiger partial charge on any atom is 0.330 e. The summed E-state index contributed by atoms with van der Waals surface area (Å²) in [6.45, 7) is 1.40. The molecule has 0 aliphatic heterocycles. The summed E-state index contributed by atoms with van der Waals surface area (Å²) in [6, 6.07) is -0.941. The van der Waals surface area contributed by atoms with Gasteiger partial charge in [-0.3, -0.25) is 4.79 Å². The van der Waals surface area contributed by atoms with Crippen molar-refractivity contribution in [3.05, 3.63) is 0 Å². The van der Waals surface area contributed by atoms with Crippen molar-refractivity contribution < 1.29 is 19.4 Å². The molecular formula is C10H17NO4. The number of methoxy groups -OCH3 is 1. The summed E-state index contributed by atoms with van der Waals surface area (Å²) in [4.78, 5) is 22.7. The molecule has 5 nitrogen and oxygen atoms in total. The van der Waals surface area contributed by atoms with E-state index in [9.17, 15) is 9.59 Å². The lowest BCUT2D eigenvalue weighted by Crippen LogP contribution is -2.46. The van der Waals surface area contributed by atoms with E-state index in [-0.39, 0.29) is 11.8 Å². The van der Waals surface area contributed by atoms with E-state index in [1.54, 1.807) is 0 Å². The van der Waals surface area contributed by atoms with Crippen LogP contribution in [0.15, 0.2) is 0 Å². The van der Waals surface area contributed by atoms with Crippen LogP contribution < -0.4 is 5.32 Å². The molecule has 0 aromatic heterocycles. The zero-order chi connectivity index (χ0) is 11.4. The number of nitrogens with one attached hydrogen (secondary N) is 1. The minimum absolute atomic E-state index is 0.0938. The van der Waals surface area contributed by atoms with Gasteiger partial charge in [0.1, 0.15) is 0 Å². The maximum atomic E-state index is 11.6. The molecule has 0 bridgehead atoms. The average Bonchev–Trinajstić information content (AvgIpc) is 3.07. The SMILES string of the molecule is COC(=O)C(CO)NC(=O)C(C)C1CC1. The van der Waals surface area contributed by atoms with Gasteiger partial charge in [0.15, 0.2) is 6.04 Å². The number of carbonyl (C=O) groups excluding carboxylic acids is 2. The lowest BCUT2D eigenvalue weighted by molar-refractivity contribution is -0.146. The largest absolute Gasteiger partial charge is 0.467 e. The fourth-order valence-corrected chi connectivity index (χ4v) is 1.43. The first-order valence-electron chi connectivity index (χ1n) is 5.09. The van der Waals surface area contributed by atoms with E-state index in [1.807, 2.05) is 6.92 Å². The van der Waals surface area contributed by atoms with Gasteiger partial charge in [-0.1, -0.05) is 6.92 Å². The number of esters is 1. The van der Waals surface area contributed by atoms with Gasteiger partial charge in [-0.2, -0.15) is 0 Å². The topological polar surface area (TPSA) is 75.6 Å². The highest BCUT2D eigenvalue weighted by Crippen LogP contribution is 2.36. The van der Waals surface area contributed by atoms with E-state index in [1.165, 1.54) is 7.11 Å². The summed E-state index contributed by atoms with van der Waals surface area (Å²) in [5.74, 6) is -0.471. The van der Waals surface area contributed by atoms with Crippen molar-refractivity contribution in [3.8, 4) is 0 Å². The Hall–Kier alpha value is -1.10. The molecule has 0 heterocycles. The molecule has 0 saturated heterocycles. The van der Waals surface area contributed by atoms with Gasteiger partial charge < -0.3 is 15.2 Å². The van der Waals surface area contributed by atoms with Gasteiger partial charge in [0.25, 0.3) is 0 Å². The van der Waals surface area contributed by atoms with Crippen LogP contribution in [0.3, 0.4) is 0 Å². The second-order valence-electron chi connectivity index (χ2n) is 3.89. The zero-order valence-corrected chi connectivity index (χ0v) is 9.03. The number of rotatable bonds is 5. The molecule has 2 atom stereocenters. The van der Waals surface area contributed by atoms with Crippen LogP contribution in [0.5, 0.6) is 0 Å². The number of hydrogen-bond acceptors (Lipinski definition) is 4. The monoisotopic (exact) mass is 215 g/mol. The van der Waals surface area contributed by atoms with Crippen LogP contribution in [0.4, 0.5) is 0 Å². The van der Waals surface area contributed by atoms with Crippen LogP contribution in [0.25, 0.3) is 0 Å². The molecule has 0 radical (unpaired) electrons. The molecule has 1 aliphatic rings. The number of carbonyl (C=O) groups is 2. The molecule has 1 rings (SSSR count). The van der Waals surface area contributed by atoms with Crippen LogP contribution >= 0.6 is 0 Å². The summed E-state index contributed by atoms with van der Waals surface area (Å²) in [6.07, 6.45) is 2.13. The van der Waals surface area contributed by atoms with Crippen molar-refractivity contribution in [3.63, 3.8) is 0 Å². The van der Waals surface area contributed by atoms with E-state index in [0.29, 0.717) is 5.92 Å². The van der Waals surface area contributed by atoms with E-state index in [2.05, 4.69) is 10.1 Å². The van der Waals surface area contributed by atoms with Crippen molar-refractivity contribution in [2.45, 2.75) is 25.8 Å². The van der Waals surface area contributed by atoms with Crippen molar-refractivity contribution >= 4 is 11.9 Å². The first-order valence-corrected chi connectivity index (χ1v) is 5.09.